The van der Waals surface area contributed by atoms with Crippen LogP contribution in [0.3, 0.4) is 0 Å². The second-order valence-corrected chi connectivity index (χ2v) is 7.29. The maximum absolute atomic E-state index is 3.77. The average molecular weight is 250 g/mol. The van der Waals surface area contributed by atoms with Gasteiger partial charge < -0.3 is 5.32 Å². The standard InChI is InChI=1S/C16H30N2/c1-12-4-3-5-14(8-12)10-18-11-16(15-6-7-15)17-9-13(18)2/h12-17H,3-11H2,1-2H3. The van der Waals surface area contributed by atoms with Gasteiger partial charge in [-0.1, -0.05) is 19.8 Å². The molecule has 2 aliphatic carbocycles. The fourth-order valence-electron chi connectivity index (χ4n) is 4.07. The second-order valence-electron chi connectivity index (χ2n) is 7.29. The van der Waals surface area contributed by atoms with Crippen molar-refractivity contribution >= 4 is 0 Å². The van der Waals surface area contributed by atoms with Gasteiger partial charge in [0.1, 0.15) is 0 Å². The van der Waals surface area contributed by atoms with Crippen LogP contribution < -0.4 is 5.32 Å². The van der Waals surface area contributed by atoms with Crippen LogP contribution in [0.15, 0.2) is 0 Å². The number of nitrogens with zero attached hydrogens (tertiary/aromatic N) is 1. The first kappa shape index (κ1) is 12.9. The average Bonchev–Trinajstić information content (AvgIpc) is 3.16. The van der Waals surface area contributed by atoms with Crippen LogP contribution in [0.1, 0.15) is 52.4 Å². The van der Waals surface area contributed by atoms with E-state index in [4.69, 9.17) is 0 Å². The summed E-state index contributed by atoms with van der Waals surface area (Å²) in [6.45, 7) is 8.75. The van der Waals surface area contributed by atoms with Gasteiger partial charge in [-0.05, 0) is 50.4 Å². The predicted octanol–water partition coefficient (Wildman–Crippen LogP) is 2.89. The molecule has 1 heterocycles. The largest absolute Gasteiger partial charge is 0.311 e. The lowest BCUT2D eigenvalue weighted by molar-refractivity contribution is 0.0958. The fourth-order valence-corrected chi connectivity index (χ4v) is 4.07. The molecule has 0 spiro atoms. The van der Waals surface area contributed by atoms with Crippen LogP contribution in [-0.4, -0.2) is 36.6 Å². The van der Waals surface area contributed by atoms with E-state index in [9.17, 15) is 0 Å². The summed E-state index contributed by atoms with van der Waals surface area (Å²) in [5.74, 6) is 2.96. The highest BCUT2D eigenvalue weighted by Crippen LogP contribution is 2.35. The molecular formula is C16H30N2. The third-order valence-electron chi connectivity index (χ3n) is 5.46. The number of piperazine rings is 1. The minimum atomic E-state index is 0.747. The summed E-state index contributed by atoms with van der Waals surface area (Å²) in [5.41, 5.74) is 0. The molecule has 4 unspecified atom stereocenters. The van der Waals surface area contributed by atoms with E-state index in [0.717, 1.165) is 29.8 Å². The molecule has 2 saturated carbocycles. The minimum absolute atomic E-state index is 0.747. The SMILES string of the molecule is CC1CCCC(CN2CC(C3CC3)NCC2C)C1. The van der Waals surface area contributed by atoms with Gasteiger partial charge in [-0.15, -0.1) is 0 Å². The van der Waals surface area contributed by atoms with Crippen LogP contribution in [-0.2, 0) is 0 Å². The van der Waals surface area contributed by atoms with E-state index in [-0.39, 0.29) is 0 Å². The van der Waals surface area contributed by atoms with E-state index in [0.29, 0.717) is 0 Å². The van der Waals surface area contributed by atoms with Gasteiger partial charge >= 0.3 is 0 Å². The van der Waals surface area contributed by atoms with Gasteiger partial charge in [0, 0.05) is 31.7 Å². The lowest BCUT2D eigenvalue weighted by Gasteiger charge is -2.42. The molecule has 18 heavy (non-hydrogen) atoms. The summed E-state index contributed by atoms with van der Waals surface area (Å²) < 4.78 is 0. The van der Waals surface area contributed by atoms with Crippen molar-refractivity contribution in [3.05, 3.63) is 0 Å². The summed E-state index contributed by atoms with van der Waals surface area (Å²) in [6.07, 6.45) is 8.84. The summed E-state index contributed by atoms with van der Waals surface area (Å²) >= 11 is 0. The molecule has 1 aliphatic heterocycles. The minimum Gasteiger partial charge on any atom is -0.311 e. The van der Waals surface area contributed by atoms with Crippen LogP contribution in [0.5, 0.6) is 0 Å². The predicted molar refractivity (Wildman–Crippen MR) is 76.7 cm³/mol. The molecule has 2 heteroatoms. The molecule has 0 radical (unpaired) electrons. The van der Waals surface area contributed by atoms with E-state index in [1.54, 1.807) is 0 Å². The van der Waals surface area contributed by atoms with E-state index in [2.05, 4.69) is 24.1 Å². The number of rotatable bonds is 3. The van der Waals surface area contributed by atoms with E-state index >= 15 is 0 Å². The van der Waals surface area contributed by atoms with Gasteiger partial charge in [-0.25, -0.2) is 0 Å². The molecule has 1 N–H and O–H groups in total. The van der Waals surface area contributed by atoms with E-state index < -0.39 is 0 Å². The van der Waals surface area contributed by atoms with Gasteiger partial charge in [0.15, 0.2) is 0 Å². The van der Waals surface area contributed by atoms with Crippen LogP contribution in [0.25, 0.3) is 0 Å². The molecule has 3 rings (SSSR count). The Morgan fingerprint density at radius 1 is 1.11 bits per heavy atom. The molecule has 0 aromatic heterocycles. The summed E-state index contributed by atoms with van der Waals surface area (Å²) in [6, 6.07) is 1.56. The highest BCUT2D eigenvalue weighted by atomic mass is 15.2. The van der Waals surface area contributed by atoms with Crippen molar-refractivity contribution in [1.29, 1.82) is 0 Å². The zero-order valence-corrected chi connectivity index (χ0v) is 12.2. The Labute approximate surface area is 113 Å². The molecule has 3 fully saturated rings. The molecule has 3 aliphatic rings. The maximum atomic E-state index is 3.77. The second kappa shape index (κ2) is 5.50. The van der Waals surface area contributed by atoms with E-state index in [1.807, 2.05) is 0 Å². The first-order chi connectivity index (χ1) is 8.72. The normalized spacial score (nSPS) is 43.0. The smallest absolute Gasteiger partial charge is 0.0224 e. The first-order valence-corrected chi connectivity index (χ1v) is 8.20. The lowest BCUT2D eigenvalue weighted by Crippen LogP contribution is -2.57. The summed E-state index contributed by atoms with van der Waals surface area (Å²) in [7, 11) is 0. The van der Waals surface area contributed by atoms with Crippen LogP contribution >= 0.6 is 0 Å². The van der Waals surface area contributed by atoms with Gasteiger partial charge in [-0.3, -0.25) is 4.90 Å². The zero-order valence-electron chi connectivity index (χ0n) is 12.2. The molecule has 104 valence electrons. The molecular weight excluding hydrogens is 220 g/mol. The Morgan fingerprint density at radius 3 is 2.67 bits per heavy atom. The Kier molecular flexibility index (Phi) is 3.95. The van der Waals surface area contributed by atoms with Crippen molar-refractivity contribution < 1.29 is 0 Å². The van der Waals surface area contributed by atoms with Crippen molar-refractivity contribution in [2.45, 2.75) is 64.5 Å². The molecule has 0 aromatic rings. The monoisotopic (exact) mass is 250 g/mol. The van der Waals surface area contributed by atoms with E-state index in [1.165, 1.54) is 58.2 Å². The quantitative estimate of drug-likeness (QED) is 0.828. The van der Waals surface area contributed by atoms with Crippen molar-refractivity contribution in [3.8, 4) is 0 Å². The number of nitrogens with one attached hydrogen (secondary N) is 1. The maximum Gasteiger partial charge on any atom is 0.0224 e. The van der Waals surface area contributed by atoms with Gasteiger partial charge in [-0.2, -0.15) is 0 Å². The summed E-state index contributed by atoms with van der Waals surface area (Å²) in [5, 5.41) is 3.77. The Balaban J connectivity index is 1.52. The number of hydrogen-bond donors (Lipinski definition) is 1. The first-order valence-electron chi connectivity index (χ1n) is 8.20. The summed E-state index contributed by atoms with van der Waals surface area (Å²) in [4.78, 5) is 2.79. The molecule has 1 saturated heterocycles. The zero-order chi connectivity index (χ0) is 12.5. The van der Waals surface area contributed by atoms with Crippen molar-refractivity contribution in [2.75, 3.05) is 19.6 Å². The molecule has 0 bridgehead atoms. The third kappa shape index (κ3) is 3.08. The van der Waals surface area contributed by atoms with Crippen LogP contribution in [0.2, 0.25) is 0 Å². The van der Waals surface area contributed by atoms with Gasteiger partial charge in [0.25, 0.3) is 0 Å². The Hall–Kier alpha value is -0.0800. The van der Waals surface area contributed by atoms with Crippen molar-refractivity contribution in [3.63, 3.8) is 0 Å². The lowest BCUT2D eigenvalue weighted by atomic mass is 9.82. The molecule has 4 atom stereocenters. The van der Waals surface area contributed by atoms with Crippen LogP contribution in [0.4, 0.5) is 0 Å². The molecule has 2 nitrogen and oxygen atoms in total. The Bertz CT molecular complexity index is 274. The highest BCUT2D eigenvalue weighted by molar-refractivity contribution is 4.94. The topological polar surface area (TPSA) is 15.3 Å². The van der Waals surface area contributed by atoms with Crippen molar-refractivity contribution in [2.24, 2.45) is 17.8 Å². The van der Waals surface area contributed by atoms with Gasteiger partial charge in [0.05, 0.1) is 0 Å². The van der Waals surface area contributed by atoms with Crippen molar-refractivity contribution in [1.82, 2.24) is 10.2 Å². The highest BCUT2D eigenvalue weighted by Gasteiger charge is 2.36. The van der Waals surface area contributed by atoms with Crippen LogP contribution in [0, 0.1) is 17.8 Å². The third-order valence-corrected chi connectivity index (χ3v) is 5.46. The molecule has 0 amide bonds. The fraction of sp³-hybridized carbons (Fsp3) is 1.00. The molecule has 0 aromatic carbocycles. The Morgan fingerprint density at radius 2 is 1.94 bits per heavy atom. The van der Waals surface area contributed by atoms with Gasteiger partial charge in [0.2, 0.25) is 0 Å². The number of hydrogen-bond acceptors (Lipinski definition) is 2.